The molecule has 1 saturated heterocycles. The summed E-state index contributed by atoms with van der Waals surface area (Å²) >= 11 is 0. The smallest absolute Gasteiger partial charge is 0.348 e. The molecule has 0 radical (unpaired) electrons. The summed E-state index contributed by atoms with van der Waals surface area (Å²) in [5, 5.41) is 2.61. The Morgan fingerprint density at radius 2 is 2.04 bits per heavy atom. The summed E-state index contributed by atoms with van der Waals surface area (Å²) in [6.45, 7) is 1.84. The van der Waals surface area contributed by atoms with Crippen LogP contribution in [0.1, 0.15) is 36.9 Å². The van der Waals surface area contributed by atoms with E-state index in [0.717, 1.165) is 22.7 Å². The zero-order valence-corrected chi connectivity index (χ0v) is 14.1. The van der Waals surface area contributed by atoms with Gasteiger partial charge in [-0.15, -0.1) is 0 Å². The first kappa shape index (κ1) is 18.7. The van der Waals surface area contributed by atoms with E-state index in [2.05, 4.69) is 5.32 Å². The van der Waals surface area contributed by atoms with Crippen LogP contribution in [-0.2, 0) is 21.0 Å². The van der Waals surface area contributed by atoms with Crippen molar-refractivity contribution in [2.75, 3.05) is 12.8 Å². The molecule has 134 valence electrons. The number of benzene rings is 1. The number of nitrogens with zero attached hydrogens (tertiary/aromatic N) is 1. The second kappa shape index (κ2) is 6.72. The maximum absolute atomic E-state index is 12.8. The van der Waals surface area contributed by atoms with Crippen LogP contribution in [-0.4, -0.2) is 37.5 Å². The standard InChI is InChI=1S/C15H19F3N2O3S/c1-10(11-5-3-6-12(9-11)15(16,17)18)19-14(21)13-7-4-8-20(13)24(2,22)23/h3,5-6,9-10,13H,4,7-8H2,1-2H3,(H,19,21)/t10-,13-/m1/s1. The Morgan fingerprint density at radius 1 is 1.38 bits per heavy atom. The molecule has 1 amide bonds. The van der Waals surface area contributed by atoms with Crippen molar-refractivity contribution < 1.29 is 26.4 Å². The number of rotatable bonds is 4. The molecule has 9 heteroatoms. The Morgan fingerprint density at radius 3 is 2.62 bits per heavy atom. The van der Waals surface area contributed by atoms with Crippen LogP contribution in [0.15, 0.2) is 24.3 Å². The lowest BCUT2D eigenvalue weighted by atomic mass is 10.0. The van der Waals surface area contributed by atoms with Crippen molar-refractivity contribution in [3.05, 3.63) is 35.4 Å². The van der Waals surface area contributed by atoms with Crippen molar-refractivity contribution in [3.63, 3.8) is 0 Å². The molecule has 0 saturated carbocycles. The predicted molar refractivity (Wildman–Crippen MR) is 82.6 cm³/mol. The van der Waals surface area contributed by atoms with Gasteiger partial charge in [-0.25, -0.2) is 8.42 Å². The number of nitrogens with one attached hydrogen (secondary N) is 1. The van der Waals surface area contributed by atoms with E-state index in [1.807, 2.05) is 0 Å². The molecule has 24 heavy (non-hydrogen) atoms. The van der Waals surface area contributed by atoms with Gasteiger partial charge >= 0.3 is 6.18 Å². The Bertz CT molecular complexity index is 719. The number of amides is 1. The molecular formula is C15H19F3N2O3S. The molecule has 5 nitrogen and oxygen atoms in total. The third kappa shape index (κ3) is 4.27. The van der Waals surface area contributed by atoms with Crippen molar-refractivity contribution in [1.29, 1.82) is 0 Å². The second-order valence-corrected chi connectivity index (χ2v) is 7.82. The van der Waals surface area contributed by atoms with Crippen molar-refractivity contribution in [1.82, 2.24) is 9.62 Å². The summed E-state index contributed by atoms with van der Waals surface area (Å²) in [5.41, 5.74) is -0.484. The largest absolute Gasteiger partial charge is 0.416 e. The molecule has 0 aromatic heterocycles. The summed E-state index contributed by atoms with van der Waals surface area (Å²) in [6, 6.07) is 3.23. The summed E-state index contributed by atoms with van der Waals surface area (Å²) in [7, 11) is -3.50. The normalized spacial score (nSPS) is 20.8. The predicted octanol–water partition coefficient (Wildman–Crippen LogP) is 2.31. The highest BCUT2D eigenvalue weighted by molar-refractivity contribution is 7.88. The van der Waals surface area contributed by atoms with E-state index in [1.54, 1.807) is 6.92 Å². The molecule has 0 bridgehead atoms. The van der Waals surface area contributed by atoms with Crippen LogP contribution in [0.25, 0.3) is 0 Å². The first-order valence-corrected chi connectivity index (χ1v) is 9.29. The number of hydrogen-bond donors (Lipinski definition) is 1. The number of carbonyl (C=O) groups excluding carboxylic acids is 1. The van der Waals surface area contributed by atoms with E-state index in [4.69, 9.17) is 0 Å². The molecule has 1 heterocycles. The second-order valence-electron chi connectivity index (χ2n) is 5.89. The van der Waals surface area contributed by atoms with Crippen LogP contribution < -0.4 is 5.32 Å². The van der Waals surface area contributed by atoms with Gasteiger partial charge in [0.25, 0.3) is 0 Å². The highest BCUT2D eigenvalue weighted by Gasteiger charge is 2.37. The van der Waals surface area contributed by atoms with Gasteiger partial charge in [0.15, 0.2) is 0 Å². The van der Waals surface area contributed by atoms with E-state index in [9.17, 15) is 26.4 Å². The monoisotopic (exact) mass is 364 g/mol. The molecule has 1 fully saturated rings. The molecule has 0 aliphatic carbocycles. The summed E-state index contributed by atoms with van der Waals surface area (Å²) in [6.07, 6.45) is -2.45. The molecule has 1 aliphatic heterocycles. The molecule has 0 spiro atoms. The van der Waals surface area contributed by atoms with Gasteiger partial charge in [-0.1, -0.05) is 12.1 Å². The quantitative estimate of drug-likeness (QED) is 0.892. The first-order valence-electron chi connectivity index (χ1n) is 7.44. The SMILES string of the molecule is C[C@@H](NC(=O)[C@H]1CCCN1S(C)(=O)=O)c1cccc(C(F)(F)F)c1. The van der Waals surface area contributed by atoms with Gasteiger partial charge in [-0.05, 0) is 37.5 Å². The molecule has 2 rings (SSSR count). The van der Waals surface area contributed by atoms with Crippen molar-refractivity contribution in [2.45, 2.75) is 38.0 Å². The molecule has 0 unspecified atom stereocenters. The first-order chi connectivity index (χ1) is 11.0. The lowest BCUT2D eigenvalue weighted by Crippen LogP contribution is -2.46. The Hall–Kier alpha value is -1.61. The molecular weight excluding hydrogens is 345 g/mol. The van der Waals surface area contributed by atoms with E-state index in [1.165, 1.54) is 12.1 Å². The summed E-state index contributed by atoms with van der Waals surface area (Å²) in [5.74, 6) is -0.497. The van der Waals surface area contributed by atoms with Gasteiger partial charge in [0.1, 0.15) is 6.04 Å². The molecule has 1 aromatic carbocycles. The summed E-state index contributed by atoms with van der Waals surface area (Å²) in [4.78, 5) is 12.3. The van der Waals surface area contributed by atoms with Crippen LogP contribution in [0.4, 0.5) is 13.2 Å². The fraction of sp³-hybridized carbons (Fsp3) is 0.533. The van der Waals surface area contributed by atoms with Crippen LogP contribution in [0.2, 0.25) is 0 Å². The van der Waals surface area contributed by atoms with Gasteiger partial charge in [0.05, 0.1) is 17.9 Å². The topological polar surface area (TPSA) is 66.5 Å². The lowest BCUT2D eigenvalue weighted by Gasteiger charge is -2.24. The minimum Gasteiger partial charge on any atom is -0.348 e. The van der Waals surface area contributed by atoms with Crippen LogP contribution in [0, 0.1) is 0 Å². The van der Waals surface area contributed by atoms with Gasteiger partial charge in [-0.3, -0.25) is 4.79 Å². The third-order valence-corrected chi connectivity index (χ3v) is 5.29. The zero-order valence-electron chi connectivity index (χ0n) is 13.3. The van der Waals surface area contributed by atoms with Crippen molar-refractivity contribution in [2.24, 2.45) is 0 Å². The van der Waals surface area contributed by atoms with E-state index in [-0.39, 0.29) is 6.54 Å². The highest BCUT2D eigenvalue weighted by Crippen LogP contribution is 2.31. The maximum Gasteiger partial charge on any atom is 0.416 e. The Kier molecular flexibility index (Phi) is 5.24. The van der Waals surface area contributed by atoms with Gasteiger partial charge in [-0.2, -0.15) is 17.5 Å². The number of hydrogen-bond acceptors (Lipinski definition) is 3. The van der Waals surface area contributed by atoms with Crippen LogP contribution >= 0.6 is 0 Å². The maximum atomic E-state index is 12.8. The number of carbonyl (C=O) groups is 1. The van der Waals surface area contributed by atoms with Gasteiger partial charge in [0, 0.05) is 6.54 Å². The molecule has 1 N–H and O–H groups in total. The van der Waals surface area contributed by atoms with Gasteiger partial charge in [0.2, 0.25) is 15.9 Å². The van der Waals surface area contributed by atoms with E-state index < -0.39 is 39.8 Å². The lowest BCUT2D eigenvalue weighted by molar-refractivity contribution is -0.137. The fourth-order valence-corrected chi connectivity index (χ4v) is 3.90. The third-order valence-electron chi connectivity index (χ3n) is 4.01. The minimum absolute atomic E-state index is 0.273. The molecule has 2 atom stereocenters. The number of halogens is 3. The Labute approximate surface area is 138 Å². The van der Waals surface area contributed by atoms with Crippen LogP contribution in [0.5, 0.6) is 0 Å². The van der Waals surface area contributed by atoms with Gasteiger partial charge < -0.3 is 5.32 Å². The van der Waals surface area contributed by atoms with E-state index in [0.29, 0.717) is 18.4 Å². The van der Waals surface area contributed by atoms with Crippen LogP contribution in [0.3, 0.4) is 0 Å². The zero-order chi connectivity index (χ0) is 18.1. The van der Waals surface area contributed by atoms with Crippen molar-refractivity contribution >= 4 is 15.9 Å². The molecule has 1 aromatic rings. The number of alkyl halides is 3. The molecule has 1 aliphatic rings. The van der Waals surface area contributed by atoms with Crippen molar-refractivity contribution in [3.8, 4) is 0 Å². The highest BCUT2D eigenvalue weighted by atomic mass is 32.2. The van der Waals surface area contributed by atoms with E-state index >= 15 is 0 Å². The average Bonchev–Trinajstić information content (AvgIpc) is 2.96. The minimum atomic E-state index is -4.46. The summed E-state index contributed by atoms with van der Waals surface area (Å²) < 4.78 is 62.8. The fourth-order valence-electron chi connectivity index (χ4n) is 2.78. The number of sulfonamides is 1. The average molecular weight is 364 g/mol. The Balaban J connectivity index is 2.12.